The fourth-order valence-electron chi connectivity index (χ4n) is 5.68. The summed E-state index contributed by atoms with van der Waals surface area (Å²) in [6.45, 7) is 6.25. The molecule has 1 fully saturated rings. The number of nitrogens with zero attached hydrogens (tertiary/aromatic N) is 2. The van der Waals surface area contributed by atoms with Crippen molar-refractivity contribution in [2.75, 3.05) is 29.4 Å². The molecule has 1 atom stereocenters. The molecule has 0 aliphatic carbocycles. The third kappa shape index (κ3) is 10.9. The van der Waals surface area contributed by atoms with Crippen LogP contribution in [0.2, 0.25) is 0 Å². The number of urea groups is 1. The summed E-state index contributed by atoms with van der Waals surface area (Å²) >= 11 is 0. The Kier molecular flexibility index (Phi) is 12.1. The lowest BCUT2D eigenvalue weighted by molar-refractivity contribution is -0.117. The van der Waals surface area contributed by atoms with E-state index in [0.717, 1.165) is 68.6 Å². The number of nitrogens with two attached hydrogens (primary N) is 1. The fourth-order valence-corrected chi connectivity index (χ4v) is 6.24. The molecule has 1 saturated heterocycles. The average Bonchev–Trinajstić information content (AvgIpc) is 2.99. The van der Waals surface area contributed by atoms with Crippen molar-refractivity contribution in [1.82, 2.24) is 15.2 Å². The maximum Gasteiger partial charge on any atom is 0.319 e. The molecule has 1 aliphatic rings. The summed E-state index contributed by atoms with van der Waals surface area (Å²) < 4.78 is 59.8. The van der Waals surface area contributed by atoms with Crippen molar-refractivity contribution in [3.8, 4) is 11.6 Å². The molecule has 3 aromatic rings. The van der Waals surface area contributed by atoms with E-state index in [9.17, 15) is 26.8 Å². The number of amides is 3. The molecule has 0 bridgehead atoms. The van der Waals surface area contributed by atoms with Gasteiger partial charge in [-0.1, -0.05) is 25.8 Å². The number of rotatable bonds is 14. The smallest absolute Gasteiger partial charge is 0.319 e. The summed E-state index contributed by atoms with van der Waals surface area (Å²) in [7, 11) is -3.37. The van der Waals surface area contributed by atoms with E-state index >= 15 is 0 Å². The van der Waals surface area contributed by atoms with Crippen molar-refractivity contribution in [1.29, 1.82) is 0 Å². The lowest BCUT2D eigenvalue weighted by Gasteiger charge is -2.36. The Morgan fingerprint density at radius 1 is 1.11 bits per heavy atom. The number of halogens is 2. The minimum absolute atomic E-state index is 0.0902. The first-order valence-corrected chi connectivity index (χ1v) is 17.5. The van der Waals surface area contributed by atoms with Gasteiger partial charge < -0.3 is 21.1 Å². The number of carbonyl (C=O) groups is 2. The molecule has 4 rings (SSSR count). The van der Waals surface area contributed by atoms with Gasteiger partial charge in [-0.15, -0.1) is 0 Å². The van der Waals surface area contributed by atoms with Gasteiger partial charge in [0.1, 0.15) is 17.4 Å². The monoisotopic (exact) mass is 672 g/mol. The van der Waals surface area contributed by atoms with Crippen molar-refractivity contribution >= 4 is 33.3 Å². The number of hydrogen-bond acceptors (Lipinski definition) is 7. The van der Waals surface area contributed by atoms with Gasteiger partial charge in [0.05, 0.1) is 18.4 Å². The Bertz CT molecular complexity index is 1660. The number of likely N-dealkylation sites (tertiary alicyclic amines) is 1. The highest BCUT2D eigenvalue weighted by Gasteiger charge is 2.28. The maximum atomic E-state index is 14.4. The molecule has 14 heteroatoms. The number of pyridine rings is 1. The second-order valence-electron chi connectivity index (χ2n) is 12.0. The van der Waals surface area contributed by atoms with Gasteiger partial charge in [-0.25, -0.2) is 27.0 Å². The van der Waals surface area contributed by atoms with Gasteiger partial charge >= 0.3 is 6.03 Å². The Hall–Kier alpha value is -4.30. The number of hydrogen-bond donors (Lipinski definition) is 4. The molecule has 2 aromatic carbocycles. The Morgan fingerprint density at radius 3 is 2.47 bits per heavy atom. The number of ether oxygens (including phenoxy) is 1. The fraction of sp³-hybridized carbons (Fsp3) is 0.424. The summed E-state index contributed by atoms with van der Waals surface area (Å²) in [6, 6.07) is 9.80. The van der Waals surface area contributed by atoms with Crippen LogP contribution in [0, 0.1) is 24.5 Å². The molecular formula is C33H42F2N6O5S. The first kappa shape index (κ1) is 35.6. The number of piperidine rings is 1. The highest BCUT2D eigenvalue weighted by atomic mass is 32.2. The quantitative estimate of drug-likeness (QED) is 0.177. The van der Waals surface area contributed by atoms with Crippen LogP contribution in [0.4, 0.5) is 25.0 Å². The van der Waals surface area contributed by atoms with Crippen LogP contribution in [-0.2, 0) is 27.8 Å². The van der Waals surface area contributed by atoms with E-state index in [4.69, 9.17) is 10.5 Å². The number of aryl methyl sites for hydroxylation is 1. The van der Waals surface area contributed by atoms with Crippen LogP contribution >= 0.6 is 0 Å². The van der Waals surface area contributed by atoms with Crippen LogP contribution in [0.1, 0.15) is 55.7 Å². The van der Waals surface area contributed by atoms with Gasteiger partial charge in [0.25, 0.3) is 0 Å². The molecule has 1 aromatic heterocycles. The van der Waals surface area contributed by atoms with E-state index in [2.05, 4.69) is 32.2 Å². The molecule has 1 aliphatic heterocycles. The van der Waals surface area contributed by atoms with Crippen molar-refractivity contribution in [2.24, 2.45) is 11.7 Å². The second kappa shape index (κ2) is 16.0. The van der Waals surface area contributed by atoms with Crippen LogP contribution < -0.4 is 25.8 Å². The average molecular weight is 673 g/mol. The molecule has 47 heavy (non-hydrogen) atoms. The van der Waals surface area contributed by atoms with Crippen molar-refractivity contribution in [2.45, 2.75) is 65.0 Å². The zero-order valence-electron chi connectivity index (χ0n) is 26.8. The van der Waals surface area contributed by atoms with Gasteiger partial charge in [-0.05, 0) is 86.1 Å². The lowest BCUT2D eigenvalue weighted by atomic mass is 9.86. The number of carbonyl (C=O) groups excluding carboxylic acids is 2. The van der Waals surface area contributed by atoms with Crippen LogP contribution in [0.5, 0.6) is 11.6 Å². The van der Waals surface area contributed by atoms with E-state index in [-0.39, 0.29) is 23.2 Å². The number of benzene rings is 2. The number of nitrogens with one attached hydrogen (secondary N) is 3. The minimum Gasteiger partial charge on any atom is -0.439 e. The Labute approximate surface area is 274 Å². The first-order chi connectivity index (χ1) is 22.3. The minimum atomic E-state index is -3.37. The van der Waals surface area contributed by atoms with Crippen molar-refractivity contribution in [3.63, 3.8) is 0 Å². The van der Waals surface area contributed by atoms with Gasteiger partial charge in [0.2, 0.25) is 21.8 Å². The van der Waals surface area contributed by atoms with Gasteiger partial charge in [-0.3, -0.25) is 14.4 Å². The van der Waals surface area contributed by atoms with Crippen LogP contribution in [0.25, 0.3) is 0 Å². The second-order valence-corrected chi connectivity index (χ2v) is 13.7. The molecule has 3 amide bonds. The first-order valence-electron chi connectivity index (χ1n) is 15.6. The molecule has 0 saturated carbocycles. The van der Waals surface area contributed by atoms with E-state index in [1.165, 1.54) is 0 Å². The largest absolute Gasteiger partial charge is 0.439 e. The molecule has 0 radical (unpaired) electrons. The summed E-state index contributed by atoms with van der Waals surface area (Å²) in [5, 5.41) is 5.48. The van der Waals surface area contributed by atoms with Crippen LogP contribution in [0.15, 0.2) is 48.7 Å². The normalized spacial score (nSPS) is 14.7. The van der Waals surface area contributed by atoms with Crippen LogP contribution in [0.3, 0.4) is 0 Å². The highest BCUT2D eigenvalue weighted by Crippen LogP contribution is 2.28. The van der Waals surface area contributed by atoms with E-state index in [1.807, 2.05) is 13.0 Å². The zero-order valence-corrected chi connectivity index (χ0v) is 27.6. The maximum absolute atomic E-state index is 14.4. The number of aromatic nitrogens is 1. The lowest BCUT2D eigenvalue weighted by Crippen LogP contribution is -2.46. The highest BCUT2D eigenvalue weighted by molar-refractivity contribution is 7.92. The third-order valence-corrected chi connectivity index (χ3v) is 8.64. The topological polar surface area (TPSA) is 156 Å². The zero-order chi connectivity index (χ0) is 34.1. The molecule has 5 N–H and O–H groups in total. The van der Waals surface area contributed by atoms with E-state index in [1.54, 1.807) is 30.5 Å². The Morgan fingerprint density at radius 2 is 1.85 bits per heavy atom. The summed E-state index contributed by atoms with van der Waals surface area (Å²) in [4.78, 5) is 30.9. The van der Waals surface area contributed by atoms with Gasteiger partial charge in [0, 0.05) is 36.6 Å². The summed E-state index contributed by atoms with van der Waals surface area (Å²) in [5.41, 5.74) is 7.09. The predicted octanol–water partition coefficient (Wildman–Crippen LogP) is 5.45. The number of unbranched alkanes of at least 4 members (excludes halogenated alkanes) is 1. The van der Waals surface area contributed by atoms with Crippen molar-refractivity contribution < 1.29 is 31.5 Å². The standard InChI is InChI=1S/C33H42F2N6O5S/c1-4-5-6-28(38-33(43)39-29-16-24(17-31(36)42)26(34)18-27(29)35)23-11-13-41(14-12-23)20-22-7-10-32(37-19-22)46-30-9-8-25(15-21(30)2)40-47(3,44)45/h7-10,15-16,18-19,23,28,40H,4-6,11-14,17,20H2,1-3H3,(H2,36,42)(H2,38,39,43). The van der Waals surface area contributed by atoms with Gasteiger partial charge in [-0.2, -0.15) is 0 Å². The molecular weight excluding hydrogens is 630 g/mol. The molecule has 254 valence electrons. The number of primary amides is 1. The number of anilines is 2. The van der Waals surface area contributed by atoms with Crippen molar-refractivity contribution in [3.05, 3.63) is 77.0 Å². The van der Waals surface area contributed by atoms with E-state index < -0.39 is 40.0 Å². The third-order valence-electron chi connectivity index (χ3n) is 8.03. The van der Waals surface area contributed by atoms with Gasteiger partial charge in [0.15, 0.2) is 0 Å². The summed E-state index contributed by atoms with van der Waals surface area (Å²) in [6.07, 6.45) is 6.83. The summed E-state index contributed by atoms with van der Waals surface area (Å²) in [5.74, 6) is -1.38. The SMILES string of the molecule is CCCCC(NC(=O)Nc1cc(CC(N)=O)c(F)cc1F)C1CCN(Cc2ccc(Oc3ccc(NS(C)(=O)=O)cc3C)nc2)CC1. The van der Waals surface area contributed by atoms with E-state index in [0.29, 0.717) is 29.9 Å². The van der Waals surface area contributed by atoms with Crippen LogP contribution in [-0.4, -0.2) is 55.6 Å². The number of sulfonamides is 1. The molecule has 0 spiro atoms. The molecule has 11 nitrogen and oxygen atoms in total. The molecule has 1 unspecified atom stereocenters. The Balaban J connectivity index is 1.30. The predicted molar refractivity (Wildman–Crippen MR) is 177 cm³/mol. The molecule has 2 heterocycles.